The van der Waals surface area contributed by atoms with Crippen LogP contribution in [-0.4, -0.2) is 6.43 Å². The molecule has 0 bridgehead atoms. The van der Waals surface area contributed by atoms with E-state index in [4.69, 9.17) is 0 Å². The Morgan fingerprint density at radius 3 is 1.72 bits per heavy atom. The Morgan fingerprint density at radius 2 is 1.33 bits per heavy atom. The number of nitrogens with zero attached hydrogens (tertiary/aromatic N) is 1. The topological polar surface area (TPSA) is 23.8 Å². The molecule has 0 aromatic heterocycles. The number of rotatable bonds is 1. The number of nitriles is 1. The molecule has 3 heteroatoms. The lowest BCUT2D eigenvalue weighted by molar-refractivity contribution is 0.100. The molecule has 0 fully saturated rings. The van der Waals surface area contributed by atoms with Gasteiger partial charge in [0.25, 0.3) is 6.43 Å². The summed E-state index contributed by atoms with van der Waals surface area (Å²) in [6.07, 6.45) is -2.74. The molecule has 2 aromatic rings. The minimum absolute atomic E-state index is 0.406. The maximum Gasteiger partial charge on any atom is 0.265 e. The third kappa shape index (κ3) is 1.12. The maximum absolute atomic E-state index is 13.5. The predicted octanol–water partition coefficient (Wildman–Crippen LogP) is 3.74. The van der Waals surface area contributed by atoms with Crippen LogP contribution in [0.1, 0.15) is 11.1 Å². The molecule has 1 aliphatic rings. The molecule has 0 atom stereocenters. The van der Waals surface area contributed by atoms with E-state index in [0.717, 1.165) is 11.1 Å². The van der Waals surface area contributed by atoms with Crippen LogP contribution in [-0.2, 0) is 5.41 Å². The van der Waals surface area contributed by atoms with Crippen molar-refractivity contribution < 1.29 is 8.78 Å². The average Bonchev–Trinajstić information content (AvgIpc) is 2.70. The molecule has 0 radical (unpaired) electrons. The van der Waals surface area contributed by atoms with E-state index < -0.39 is 11.8 Å². The molecule has 2 aromatic carbocycles. The molecule has 0 spiro atoms. The van der Waals surface area contributed by atoms with Crippen molar-refractivity contribution in [3.63, 3.8) is 0 Å². The monoisotopic (exact) mass is 241 g/mol. The van der Waals surface area contributed by atoms with E-state index in [1.807, 2.05) is 6.07 Å². The molecule has 0 heterocycles. The Morgan fingerprint density at radius 1 is 0.889 bits per heavy atom. The van der Waals surface area contributed by atoms with E-state index in [9.17, 15) is 14.0 Å². The molecule has 1 aliphatic carbocycles. The van der Waals surface area contributed by atoms with Crippen molar-refractivity contribution in [2.75, 3.05) is 0 Å². The van der Waals surface area contributed by atoms with Crippen LogP contribution in [0.5, 0.6) is 0 Å². The highest BCUT2D eigenvalue weighted by atomic mass is 19.3. The number of hydrogen-bond donors (Lipinski definition) is 0. The fourth-order valence-electron chi connectivity index (χ4n) is 2.67. The lowest BCUT2D eigenvalue weighted by atomic mass is 9.80. The summed E-state index contributed by atoms with van der Waals surface area (Å²) in [5, 5.41) is 9.35. The van der Waals surface area contributed by atoms with Crippen molar-refractivity contribution in [2.45, 2.75) is 11.8 Å². The molecular formula is C15H9F2N. The van der Waals surface area contributed by atoms with Gasteiger partial charge in [0.2, 0.25) is 0 Å². The van der Waals surface area contributed by atoms with Gasteiger partial charge in [0.1, 0.15) is 0 Å². The summed E-state index contributed by atoms with van der Waals surface area (Å²) < 4.78 is 27.1. The van der Waals surface area contributed by atoms with Crippen LogP contribution in [0.2, 0.25) is 0 Å². The second kappa shape index (κ2) is 3.64. The molecule has 0 amide bonds. The Kier molecular flexibility index (Phi) is 2.21. The van der Waals surface area contributed by atoms with Crippen molar-refractivity contribution >= 4 is 0 Å². The maximum atomic E-state index is 13.5. The van der Waals surface area contributed by atoms with Crippen LogP contribution in [0.25, 0.3) is 11.1 Å². The number of halogens is 2. The molecule has 88 valence electrons. The quantitative estimate of drug-likeness (QED) is 0.746. The third-order valence-electron chi connectivity index (χ3n) is 3.50. The number of alkyl halides is 2. The molecular weight excluding hydrogens is 232 g/mol. The Bertz CT molecular complexity index is 610. The summed E-state index contributed by atoms with van der Waals surface area (Å²) >= 11 is 0. The van der Waals surface area contributed by atoms with Crippen LogP contribution >= 0.6 is 0 Å². The summed E-state index contributed by atoms with van der Waals surface area (Å²) in [5.41, 5.74) is 0.449. The van der Waals surface area contributed by atoms with E-state index in [1.165, 1.54) is 0 Å². The van der Waals surface area contributed by atoms with Crippen molar-refractivity contribution in [3.8, 4) is 17.2 Å². The van der Waals surface area contributed by atoms with E-state index in [0.29, 0.717) is 11.1 Å². The Hall–Kier alpha value is -2.21. The number of hydrogen-bond acceptors (Lipinski definition) is 1. The summed E-state index contributed by atoms with van der Waals surface area (Å²) in [6, 6.07) is 15.6. The van der Waals surface area contributed by atoms with Gasteiger partial charge in [0, 0.05) is 0 Å². The molecule has 0 saturated carbocycles. The van der Waals surface area contributed by atoms with Crippen LogP contribution in [0, 0.1) is 11.3 Å². The zero-order valence-corrected chi connectivity index (χ0v) is 9.40. The average molecular weight is 241 g/mol. The summed E-state index contributed by atoms with van der Waals surface area (Å²) in [5.74, 6) is 0. The van der Waals surface area contributed by atoms with Crippen molar-refractivity contribution in [1.82, 2.24) is 0 Å². The molecule has 1 nitrogen and oxygen atoms in total. The molecule has 18 heavy (non-hydrogen) atoms. The van der Waals surface area contributed by atoms with E-state index in [1.54, 1.807) is 48.5 Å². The lowest BCUT2D eigenvalue weighted by Gasteiger charge is -2.22. The smallest absolute Gasteiger partial charge is 0.208 e. The highest BCUT2D eigenvalue weighted by Gasteiger charge is 2.50. The first-order valence-corrected chi connectivity index (χ1v) is 5.60. The van der Waals surface area contributed by atoms with Gasteiger partial charge in [-0.2, -0.15) is 5.26 Å². The van der Waals surface area contributed by atoms with Crippen LogP contribution in [0.4, 0.5) is 8.78 Å². The van der Waals surface area contributed by atoms with Gasteiger partial charge in [-0.25, -0.2) is 8.78 Å². The van der Waals surface area contributed by atoms with E-state index in [-0.39, 0.29) is 0 Å². The summed E-state index contributed by atoms with van der Waals surface area (Å²) in [7, 11) is 0. The summed E-state index contributed by atoms with van der Waals surface area (Å²) in [6.45, 7) is 0. The fourth-order valence-corrected chi connectivity index (χ4v) is 2.67. The zero-order chi connectivity index (χ0) is 12.8. The van der Waals surface area contributed by atoms with Gasteiger partial charge < -0.3 is 0 Å². The minimum atomic E-state index is -2.74. The van der Waals surface area contributed by atoms with Crippen LogP contribution in [0.3, 0.4) is 0 Å². The first-order valence-electron chi connectivity index (χ1n) is 5.60. The molecule has 0 unspecified atom stereocenters. The lowest BCUT2D eigenvalue weighted by Crippen LogP contribution is -2.31. The SMILES string of the molecule is N#CC1(C(F)F)c2ccccc2-c2ccccc21. The first kappa shape index (κ1) is 10.9. The third-order valence-corrected chi connectivity index (χ3v) is 3.50. The van der Waals surface area contributed by atoms with Gasteiger partial charge in [-0.1, -0.05) is 48.5 Å². The van der Waals surface area contributed by atoms with Crippen molar-refractivity contribution in [3.05, 3.63) is 59.7 Å². The second-order valence-electron chi connectivity index (χ2n) is 4.31. The van der Waals surface area contributed by atoms with Gasteiger partial charge in [-0.05, 0) is 22.3 Å². The largest absolute Gasteiger partial charge is 0.265 e. The highest BCUT2D eigenvalue weighted by molar-refractivity contribution is 5.83. The standard InChI is InChI=1S/C15H9F2N/c16-14(17)15(9-18)12-7-3-1-5-10(12)11-6-2-4-8-13(11)15/h1-8,14H. The van der Waals surface area contributed by atoms with E-state index in [2.05, 4.69) is 0 Å². The van der Waals surface area contributed by atoms with Gasteiger partial charge in [0.05, 0.1) is 6.07 Å². The van der Waals surface area contributed by atoms with Gasteiger partial charge in [-0.15, -0.1) is 0 Å². The zero-order valence-electron chi connectivity index (χ0n) is 9.40. The van der Waals surface area contributed by atoms with Gasteiger partial charge >= 0.3 is 0 Å². The van der Waals surface area contributed by atoms with Gasteiger partial charge in [-0.3, -0.25) is 0 Å². The Labute approximate surface area is 103 Å². The van der Waals surface area contributed by atoms with Gasteiger partial charge in [0.15, 0.2) is 5.41 Å². The van der Waals surface area contributed by atoms with Crippen LogP contribution in [0.15, 0.2) is 48.5 Å². The van der Waals surface area contributed by atoms with Crippen molar-refractivity contribution in [2.24, 2.45) is 0 Å². The molecule has 0 N–H and O–H groups in total. The first-order chi connectivity index (χ1) is 8.71. The summed E-state index contributed by atoms with van der Waals surface area (Å²) in [4.78, 5) is 0. The van der Waals surface area contributed by atoms with E-state index >= 15 is 0 Å². The number of fused-ring (bicyclic) bond motifs is 3. The van der Waals surface area contributed by atoms with Crippen LogP contribution < -0.4 is 0 Å². The van der Waals surface area contributed by atoms with Crippen molar-refractivity contribution in [1.29, 1.82) is 5.26 Å². The predicted molar refractivity (Wildman–Crippen MR) is 64.3 cm³/mol. The Balaban J connectivity index is 2.45. The molecule has 3 rings (SSSR count). The minimum Gasteiger partial charge on any atom is -0.208 e. The molecule has 0 aliphatic heterocycles. The number of benzene rings is 2. The highest BCUT2D eigenvalue weighted by Crippen LogP contribution is 2.51. The molecule has 0 saturated heterocycles. The second-order valence-corrected chi connectivity index (χ2v) is 4.31. The normalized spacial score (nSPS) is 15.0. The fraction of sp³-hybridized carbons (Fsp3) is 0.133.